The number of aromatic amines is 2. The Bertz CT molecular complexity index is 858. The maximum atomic E-state index is 13.5. The van der Waals surface area contributed by atoms with Crippen LogP contribution in [0.1, 0.15) is 33.7 Å². The van der Waals surface area contributed by atoms with E-state index in [1.165, 1.54) is 30.3 Å². The molecule has 3 rings (SSSR count). The number of likely N-dealkylation sites (tertiary alicyclic amines) is 1. The van der Waals surface area contributed by atoms with Gasteiger partial charge in [-0.2, -0.15) is 0 Å². The highest BCUT2D eigenvalue weighted by atomic mass is 19.1. The van der Waals surface area contributed by atoms with Crippen molar-refractivity contribution in [1.29, 1.82) is 0 Å². The topological polar surface area (TPSA) is 95.3 Å². The van der Waals surface area contributed by atoms with Gasteiger partial charge in [0.05, 0.1) is 12.7 Å². The molecular formula is C17H18FN3O4. The summed E-state index contributed by atoms with van der Waals surface area (Å²) in [7, 11) is 1.42. The summed E-state index contributed by atoms with van der Waals surface area (Å²) in [6.45, 7) is 0.709. The van der Waals surface area contributed by atoms with Crippen LogP contribution in [0.25, 0.3) is 0 Å². The number of ketones is 1. The van der Waals surface area contributed by atoms with Crippen LogP contribution in [0.3, 0.4) is 0 Å². The van der Waals surface area contributed by atoms with Crippen LogP contribution in [0.5, 0.6) is 5.75 Å². The summed E-state index contributed by atoms with van der Waals surface area (Å²) in [6.07, 6.45) is 2.56. The third-order valence-corrected chi connectivity index (χ3v) is 4.33. The van der Waals surface area contributed by atoms with Gasteiger partial charge in [0, 0.05) is 25.2 Å². The quantitative estimate of drug-likeness (QED) is 0.821. The number of ether oxygens (including phenoxy) is 1. The van der Waals surface area contributed by atoms with Crippen molar-refractivity contribution in [3.8, 4) is 5.75 Å². The number of hydrogen-bond donors (Lipinski definition) is 2. The molecule has 1 aromatic heterocycles. The van der Waals surface area contributed by atoms with Crippen LogP contribution in [-0.4, -0.2) is 46.8 Å². The van der Waals surface area contributed by atoms with Crippen molar-refractivity contribution in [2.75, 3.05) is 20.2 Å². The third-order valence-electron chi connectivity index (χ3n) is 4.33. The fourth-order valence-corrected chi connectivity index (χ4v) is 3.09. The zero-order valence-electron chi connectivity index (χ0n) is 13.7. The second-order valence-electron chi connectivity index (χ2n) is 5.96. The largest absolute Gasteiger partial charge is 0.496 e. The zero-order valence-corrected chi connectivity index (χ0v) is 13.7. The molecule has 132 valence electrons. The van der Waals surface area contributed by atoms with E-state index in [1.54, 1.807) is 0 Å². The lowest BCUT2D eigenvalue weighted by Crippen LogP contribution is -2.42. The molecule has 0 saturated carbocycles. The third kappa shape index (κ3) is 3.47. The van der Waals surface area contributed by atoms with Gasteiger partial charge in [-0.1, -0.05) is 0 Å². The summed E-state index contributed by atoms with van der Waals surface area (Å²) in [4.78, 5) is 42.7. The van der Waals surface area contributed by atoms with E-state index in [0.29, 0.717) is 25.1 Å². The lowest BCUT2D eigenvalue weighted by molar-refractivity contribution is 0.0631. The number of hydrogen-bond acceptors (Lipinski definition) is 4. The minimum atomic E-state index is -0.516. The summed E-state index contributed by atoms with van der Waals surface area (Å²) in [5.41, 5.74) is -0.129. The maximum absolute atomic E-state index is 13.5. The molecule has 1 aliphatic rings. The van der Waals surface area contributed by atoms with E-state index in [9.17, 15) is 18.8 Å². The number of imidazole rings is 1. The number of aromatic nitrogens is 2. The van der Waals surface area contributed by atoms with Crippen LogP contribution in [0.2, 0.25) is 0 Å². The molecule has 0 aliphatic carbocycles. The second kappa shape index (κ2) is 6.92. The molecule has 2 heterocycles. The zero-order chi connectivity index (χ0) is 18.0. The Hall–Kier alpha value is -2.90. The average molecular weight is 347 g/mol. The van der Waals surface area contributed by atoms with Crippen LogP contribution in [0.4, 0.5) is 4.39 Å². The lowest BCUT2D eigenvalue weighted by Gasteiger charge is -2.31. The van der Waals surface area contributed by atoms with E-state index in [2.05, 4.69) is 9.97 Å². The monoisotopic (exact) mass is 347 g/mol. The van der Waals surface area contributed by atoms with Gasteiger partial charge in [-0.25, -0.2) is 9.18 Å². The van der Waals surface area contributed by atoms with E-state index in [0.717, 1.165) is 6.07 Å². The summed E-state index contributed by atoms with van der Waals surface area (Å²) in [5, 5.41) is 0. The van der Waals surface area contributed by atoms with Crippen molar-refractivity contribution in [2.24, 2.45) is 5.92 Å². The molecule has 0 radical (unpaired) electrons. The molecule has 8 heteroatoms. The van der Waals surface area contributed by atoms with Gasteiger partial charge in [0.1, 0.15) is 17.3 Å². The number of carbonyl (C=O) groups excluding carboxylic acids is 2. The molecule has 1 atom stereocenters. The maximum Gasteiger partial charge on any atom is 0.323 e. The van der Waals surface area contributed by atoms with Crippen molar-refractivity contribution < 1.29 is 18.7 Å². The number of halogens is 1. The van der Waals surface area contributed by atoms with Crippen molar-refractivity contribution >= 4 is 11.7 Å². The number of piperidine rings is 1. The van der Waals surface area contributed by atoms with Gasteiger partial charge >= 0.3 is 5.69 Å². The molecule has 0 bridgehead atoms. The van der Waals surface area contributed by atoms with Crippen molar-refractivity contribution in [3.63, 3.8) is 0 Å². The Morgan fingerprint density at radius 2 is 2.16 bits per heavy atom. The molecule has 0 spiro atoms. The average Bonchev–Trinajstić information content (AvgIpc) is 3.07. The second-order valence-corrected chi connectivity index (χ2v) is 5.96. The molecule has 7 nitrogen and oxygen atoms in total. The standard InChI is InChI=1S/C17H18FN3O4/c1-25-14-5-4-11(18)7-12(14)15(22)10-3-2-6-21(9-10)16(23)13-8-19-17(24)20-13/h4-5,7-8,10H,2-3,6,9H2,1H3,(H2,19,20,24)/t10-/m1/s1. The Balaban J connectivity index is 1.79. The van der Waals surface area contributed by atoms with Crippen LogP contribution in [-0.2, 0) is 0 Å². The van der Waals surface area contributed by atoms with Crippen LogP contribution in [0.15, 0.2) is 29.2 Å². The number of benzene rings is 1. The molecule has 25 heavy (non-hydrogen) atoms. The minimum Gasteiger partial charge on any atom is -0.496 e. The predicted molar refractivity (Wildman–Crippen MR) is 87.3 cm³/mol. The van der Waals surface area contributed by atoms with Crippen molar-refractivity contribution in [2.45, 2.75) is 12.8 Å². The van der Waals surface area contributed by atoms with Crippen molar-refractivity contribution in [3.05, 3.63) is 52.0 Å². The van der Waals surface area contributed by atoms with Gasteiger partial charge in [-0.15, -0.1) is 0 Å². The first-order valence-corrected chi connectivity index (χ1v) is 7.94. The number of methoxy groups -OCH3 is 1. The predicted octanol–water partition coefficient (Wildman–Crippen LogP) is 1.59. The number of H-pyrrole nitrogens is 2. The summed E-state index contributed by atoms with van der Waals surface area (Å²) < 4.78 is 18.7. The lowest BCUT2D eigenvalue weighted by atomic mass is 9.89. The molecule has 1 aliphatic heterocycles. The van der Waals surface area contributed by atoms with Gasteiger partial charge in [-0.05, 0) is 31.0 Å². The molecular weight excluding hydrogens is 329 g/mol. The number of rotatable bonds is 4. The minimum absolute atomic E-state index is 0.154. The molecule has 1 amide bonds. The summed E-state index contributed by atoms with van der Waals surface area (Å²) in [5.74, 6) is -1.25. The van der Waals surface area contributed by atoms with Crippen LogP contribution in [0, 0.1) is 11.7 Å². The highest BCUT2D eigenvalue weighted by Gasteiger charge is 2.31. The van der Waals surface area contributed by atoms with E-state index < -0.39 is 17.4 Å². The first kappa shape index (κ1) is 16.9. The van der Waals surface area contributed by atoms with Crippen LogP contribution < -0.4 is 10.4 Å². The molecule has 0 unspecified atom stereocenters. The van der Waals surface area contributed by atoms with E-state index in [1.807, 2.05) is 0 Å². The molecule has 2 N–H and O–H groups in total. The number of carbonyl (C=O) groups is 2. The molecule has 1 aromatic carbocycles. The van der Waals surface area contributed by atoms with Gasteiger partial charge in [0.25, 0.3) is 5.91 Å². The van der Waals surface area contributed by atoms with Gasteiger partial charge < -0.3 is 19.6 Å². The Labute approximate surface area is 142 Å². The number of amides is 1. The summed E-state index contributed by atoms with van der Waals surface area (Å²) >= 11 is 0. The first-order chi connectivity index (χ1) is 12.0. The first-order valence-electron chi connectivity index (χ1n) is 7.94. The van der Waals surface area contributed by atoms with Gasteiger partial charge in [0.2, 0.25) is 0 Å². The van der Waals surface area contributed by atoms with E-state index in [4.69, 9.17) is 4.74 Å². The fraction of sp³-hybridized carbons (Fsp3) is 0.353. The summed E-state index contributed by atoms with van der Waals surface area (Å²) in [6, 6.07) is 3.80. The number of nitrogens with one attached hydrogen (secondary N) is 2. The highest BCUT2D eigenvalue weighted by molar-refractivity contribution is 6.01. The fourth-order valence-electron chi connectivity index (χ4n) is 3.09. The normalized spacial score (nSPS) is 17.4. The molecule has 1 fully saturated rings. The van der Waals surface area contributed by atoms with E-state index in [-0.39, 0.29) is 29.5 Å². The smallest absolute Gasteiger partial charge is 0.323 e. The van der Waals surface area contributed by atoms with Crippen LogP contribution >= 0.6 is 0 Å². The Morgan fingerprint density at radius 3 is 2.84 bits per heavy atom. The van der Waals surface area contributed by atoms with Gasteiger partial charge in [0.15, 0.2) is 5.78 Å². The SMILES string of the molecule is COc1ccc(F)cc1C(=O)[C@@H]1CCCN(C(=O)c2c[nH]c(=O)[nH]2)C1. The van der Waals surface area contributed by atoms with Crippen molar-refractivity contribution in [1.82, 2.24) is 14.9 Å². The Kier molecular flexibility index (Phi) is 4.69. The van der Waals surface area contributed by atoms with Gasteiger partial charge in [-0.3, -0.25) is 9.59 Å². The Morgan fingerprint density at radius 1 is 1.36 bits per heavy atom. The molecule has 2 aromatic rings. The number of Topliss-reactive ketones (excluding diaryl/α,β-unsaturated/α-hetero) is 1. The highest BCUT2D eigenvalue weighted by Crippen LogP contribution is 2.27. The van der Waals surface area contributed by atoms with E-state index >= 15 is 0 Å². The molecule has 1 saturated heterocycles. The number of nitrogens with zero attached hydrogens (tertiary/aromatic N) is 1.